The standard InChI is InChI=1S/C13H25N3O2S/c1-3-5-6-7-15-19(17,18)13-9-12(10-14)16(11-13)8-4-2/h9,11,15H,3-8,10,14H2,1-2H3. The zero-order chi connectivity index (χ0) is 14.3. The fourth-order valence-corrected chi connectivity index (χ4v) is 3.09. The monoisotopic (exact) mass is 287 g/mol. The van der Waals surface area contributed by atoms with Crippen LogP contribution in [0.2, 0.25) is 0 Å². The summed E-state index contributed by atoms with van der Waals surface area (Å²) in [6, 6.07) is 1.66. The number of rotatable bonds is 9. The van der Waals surface area contributed by atoms with Crippen LogP contribution in [-0.2, 0) is 23.1 Å². The molecule has 19 heavy (non-hydrogen) atoms. The summed E-state index contributed by atoms with van der Waals surface area (Å²) in [5, 5.41) is 0. The summed E-state index contributed by atoms with van der Waals surface area (Å²) in [7, 11) is -3.40. The van der Waals surface area contributed by atoms with E-state index in [0.717, 1.165) is 37.9 Å². The van der Waals surface area contributed by atoms with Gasteiger partial charge in [-0.05, 0) is 18.9 Å². The Hall–Kier alpha value is -0.850. The van der Waals surface area contributed by atoms with Crippen LogP contribution in [0, 0.1) is 0 Å². The first-order chi connectivity index (χ1) is 9.05. The van der Waals surface area contributed by atoms with Crippen LogP contribution in [0.5, 0.6) is 0 Å². The van der Waals surface area contributed by atoms with Crippen molar-refractivity contribution >= 4 is 10.0 Å². The lowest BCUT2D eigenvalue weighted by Gasteiger charge is -2.05. The van der Waals surface area contributed by atoms with Gasteiger partial charge in [-0.2, -0.15) is 0 Å². The molecule has 1 aromatic rings. The molecule has 0 amide bonds. The number of unbranched alkanes of at least 4 members (excludes halogenated alkanes) is 2. The molecule has 0 saturated carbocycles. The van der Waals surface area contributed by atoms with Gasteiger partial charge in [0.15, 0.2) is 0 Å². The van der Waals surface area contributed by atoms with Gasteiger partial charge < -0.3 is 10.3 Å². The Morgan fingerprint density at radius 1 is 1.26 bits per heavy atom. The van der Waals surface area contributed by atoms with Crippen LogP contribution in [-0.4, -0.2) is 19.5 Å². The predicted octanol–water partition coefficient (Wildman–Crippen LogP) is 1.83. The van der Waals surface area contributed by atoms with Gasteiger partial charge in [-0.1, -0.05) is 26.7 Å². The van der Waals surface area contributed by atoms with Gasteiger partial charge in [0.2, 0.25) is 10.0 Å². The molecule has 0 bridgehead atoms. The molecule has 1 aromatic heterocycles. The summed E-state index contributed by atoms with van der Waals surface area (Å²) in [5.41, 5.74) is 6.50. The minimum Gasteiger partial charge on any atom is -0.349 e. The van der Waals surface area contributed by atoms with Crippen molar-refractivity contribution in [2.45, 2.75) is 57.5 Å². The van der Waals surface area contributed by atoms with E-state index in [2.05, 4.69) is 18.6 Å². The van der Waals surface area contributed by atoms with Crippen molar-refractivity contribution in [3.63, 3.8) is 0 Å². The third-order valence-electron chi connectivity index (χ3n) is 3.02. The molecular formula is C13H25N3O2S. The van der Waals surface area contributed by atoms with Crippen molar-refractivity contribution in [2.24, 2.45) is 5.73 Å². The Kier molecular flexibility index (Phi) is 6.54. The normalized spacial score (nSPS) is 11.9. The Morgan fingerprint density at radius 3 is 2.58 bits per heavy atom. The van der Waals surface area contributed by atoms with E-state index in [1.807, 2.05) is 4.57 Å². The van der Waals surface area contributed by atoms with Crippen LogP contribution in [0.15, 0.2) is 17.2 Å². The summed E-state index contributed by atoms with van der Waals surface area (Å²) in [6.45, 7) is 5.78. The molecule has 0 atom stereocenters. The van der Waals surface area contributed by atoms with Crippen LogP contribution < -0.4 is 10.5 Å². The van der Waals surface area contributed by atoms with Crippen molar-refractivity contribution in [2.75, 3.05) is 6.54 Å². The maximum absolute atomic E-state index is 12.1. The fraction of sp³-hybridized carbons (Fsp3) is 0.692. The Morgan fingerprint density at radius 2 is 2.00 bits per heavy atom. The minimum absolute atomic E-state index is 0.317. The predicted molar refractivity (Wildman–Crippen MR) is 77.3 cm³/mol. The highest BCUT2D eigenvalue weighted by Gasteiger charge is 2.17. The summed E-state index contributed by atoms with van der Waals surface area (Å²) in [5.74, 6) is 0. The number of nitrogens with zero attached hydrogens (tertiary/aromatic N) is 1. The second-order valence-electron chi connectivity index (χ2n) is 4.67. The Balaban J connectivity index is 2.77. The number of aromatic nitrogens is 1. The molecule has 6 heteroatoms. The van der Waals surface area contributed by atoms with E-state index in [1.165, 1.54) is 0 Å². The van der Waals surface area contributed by atoms with Gasteiger partial charge in [0.1, 0.15) is 0 Å². The first-order valence-corrected chi connectivity index (χ1v) is 8.42. The molecule has 5 nitrogen and oxygen atoms in total. The van der Waals surface area contributed by atoms with E-state index in [-0.39, 0.29) is 0 Å². The maximum Gasteiger partial charge on any atom is 0.242 e. The summed E-state index contributed by atoms with van der Waals surface area (Å²) < 4.78 is 28.8. The lowest BCUT2D eigenvalue weighted by molar-refractivity contribution is 0.575. The summed E-state index contributed by atoms with van der Waals surface area (Å²) in [4.78, 5) is 0.317. The number of hydrogen-bond donors (Lipinski definition) is 2. The van der Waals surface area contributed by atoms with E-state index >= 15 is 0 Å². The van der Waals surface area contributed by atoms with Crippen molar-refractivity contribution in [1.82, 2.24) is 9.29 Å². The summed E-state index contributed by atoms with van der Waals surface area (Å²) >= 11 is 0. The molecule has 0 unspecified atom stereocenters. The van der Waals surface area contributed by atoms with E-state index in [1.54, 1.807) is 12.3 Å². The SMILES string of the molecule is CCCCCNS(=O)(=O)c1cc(CN)n(CCC)c1. The minimum atomic E-state index is -3.40. The maximum atomic E-state index is 12.1. The van der Waals surface area contributed by atoms with E-state index < -0.39 is 10.0 Å². The highest BCUT2D eigenvalue weighted by atomic mass is 32.2. The van der Waals surface area contributed by atoms with Gasteiger partial charge in [0, 0.05) is 31.5 Å². The quantitative estimate of drug-likeness (QED) is 0.680. The molecule has 3 N–H and O–H groups in total. The van der Waals surface area contributed by atoms with Crippen LogP contribution in [0.25, 0.3) is 0 Å². The first kappa shape index (κ1) is 16.2. The van der Waals surface area contributed by atoms with Gasteiger partial charge in [-0.3, -0.25) is 0 Å². The second kappa shape index (κ2) is 7.67. The van der Waals surface area contributed by atoms with E-state index in [9.17, 15) is 8.42 Å². The molecule has 1 rings (SSSR count). The van der Waals surface area contributed by atoms with E-state index in [0.29, 0.717) is 18.0 Å². The molecule has 0 aliphatic carbocycles. The van der Waals surface area contributed by atoms with Crippen molar-refractivity contribution in [3.8, 4) is 0 Å². The smallest absolute Gasteiger partial charge is 0.242 e. The van der Waals surface area contributed by atoms with Gasteiger partial charge in [0.05, 0.1) is 4.90 Å². The van der Waals surface area contributed by atoms with Crippen molar-refractivity contribution < 1.29 is 8.42 Å². The van der Waals surface area contributed by atoms with Crippen LogP contribution in [0.4, 0.5) is 0 Å². The average molecular weight is 287 g/mol. The zero-order valence-electron chi connectivity index (χ0n) is 11.9. The fourth-order valence-electron chi connectivity index (χ4n) is 1.96. The molecule has 0 spiro atoms. The lowest BCUT2D eigenvalue weighted by Crippen LogP contribution is -2.24. The number of sulfonamides is 1. The summed E-state index contributed by atoms with van der Waals surface area (Å²) in [6.07, 6.45) is 5.60. The van der Waals surface area contributed by atoms with Crippen LogP contribution in [0.3, 0.4) is 0 Å². The first-order valence-electron chi connectivity index (χ1n) is 6.94. The van der Waals surface area contributed by atoms with Gasteiger partial charge in [-0.15, -0.1) is 0 Å². The topological polar surface area (TPSA) is 77.1 Å². The number of nitrogens with two attached hydrogens (primary N) is 1. The van der Waals surface area contributed by atoms with Gasteiger partial charge >= 0.3 is 0 Å². The Bertz CT molecular complexity index is 480. The number of aryl methyl sites for hydroxylation is 1. The molecule has 110 valence electrons. The zero-order valence-corrected chi connectivity index (χ0v) is 12.7. The van der Waals surface area contributed by atoms with Gasteiger partial charge in [0.25, 0.3) is 0 Å². The van der Waals surface area contributed by atoms with Gasteiger partial charge in [-0.25, -0.2) is 13.1 Å². The number of nitrogens with one attached hydrogen (secondary N) is 1. The molecular weight excluding hydrogens is 262 g/mol. The second-order valence-corrected chi connectivity index (χ2v) is 6.44. The number of hydrogen-bond acceptors (Lipinski definition) is 3. The Labute approximate surface area is 116 Å². The van der Waals surface area contributed by atoms with Crippen molar-refractivity contribution in [3.05, 3.63) is 18.0 Å². The molecule has 0 radical (unpaired) electrons. The van der Waals surface area contributed by atoms with Crippen molar-refractivity contribution in [1.29, 1.82) is 0 Å². The molecule has 0 aromatic carbocycles. The third kappa shape index (κ3) is 4.63. The lowest BCUT2D eigenvalue weighted by atomic mass is 10.3. The highest BCUT2D eigenvalue weighted by molar-refractivity contribution is 7.89. The van der Waals surface area contributed by atoms with E-state index in [4.69, 9.17) is 5.73 Å². The molecule has 0 saturated heterocycles. The molecule has 0 fully saturated rings. The third-order valence-corrected chi connectivity index (χ3v) is 4.45. The molecule has 0 aliphatic rings. The molecule has 1 heterocycles. The average Bonchev–Trinajstić information content (AvgIpc) is 2.79. The largest absolute Gasteiger partial charge is 0.349 e. The highest BCUT2D eigenvalue weighted by Crippen LogP contribution is 2.15. The van der Waals surface area contributed by atoms with Crippen LogP contribution in [0.1, 0.15) is 45.2 Å². The van der Waals surface area contributed by atoms with Crippen LogP contribution >= 0.6 is 0 Å². The molecule has 0 aliphatic heterocycles.